The molecular formula is C15H20BrN5. The molecule has 3 rings (SSSR count). The molecule has 21 heavy (non-hydrogen) atoms. The topological polar surface area (TPSA) is 69.6 Å². The van der Waals surface area contributed by atoms with Gasteiger partial charge in [0.25, 0.3) is 0 Å². The van der Waals surface area contributed by atoms with Crippen LogP contribution in [0.1, 0.15) is 32.6 Å². The third-order valence-corrected chi connectivity index (χ3v) is 5.25. The summed E-state index contributed by atoms with van der Waals surface area (Å²) >= 11 is 3.53. The summed E-state index contributed by atoms with van der Waals surface area (Å²) in [5.74, 6) is 2.31. The zero-order chi connectivity index (χ0) is 14.8. The molecule has 0 aliphatic heterocycles. The predicted octanol–water partition coefficient (Wildman–Crippen LogP) is 3.51. The number of nitrogens with two attached hydrogens (primary N) is 1. The summed E-state index contributed by atoms with van der Waals surface area (Å²) in [6.07, 6.45) is 5.14. The van der Waals surface area contributed by atoms with Gasteiger partial charge in [-0.2, -0.15) is 0 Å². The maximum atomic E-state index is 5.95. The minimum Gasteiger partial charge on any atom is -0.398 e. The Hall–Kier alpha value is -1.43. The van der Waals surface area contributed by atoms with Gasteiger partial charge in [0.2, 0.25) is 0 Å². The summed E-state index contributed by atoms with van der Waals surface area (Å²) in [6.45, 7) is 3.22. The zero-order valence-corrected chi connectivity index (χ0v) is 13.8. The van der Waals surface area contributed by atoms with Crippen LogP contribution in [0.5, 0.6) is 0 Å². The van der Waals surface area contributed by atoms with E-state index in [1.54, 1.807) is 0 Å². The van der Waals surface area contributed by atoms with Crippen molar-refractivity contribution >= 4 is 21.6 Å². The molecule has 0 radical (unpaired) electrons. The van der Waals surface area contributed by atoms with Crippen molar-refractivity contribution in [3.8, 4) is 11.4 Å². The van der Waals surface area contributed by atoms with Gasteiger partial charge in [0, 0.05) is 17.8 Å². The Morgan fingerprint density at radius 1 is 1.29 bits per heavy atom. The van der Waals surface area contributed by atoms with Crippen molar-refractivity contribution in [3.63, 3.8) is 0 Å². The lowest BCUT2D eigenvalue weighted by molar-refractivity contribution is 0.257. The third kappa shape index (κ3) is 3.10. The molecule has 1 aromatic heterocycles. The monoisotopic (exact) mass is 349 g/mol. The van der Waals surface area contributed by atoms with E-state index in [2.05, 4.69) is 38.4 Å². The number of tetrazole rings is 1. The highest BCUT2D eigenvalue weighted by Crippen LogP contribution is 2.33. The molecule has 0 saturated heterocycles. The van der Waals surface area contributed by atoms with Crippen LogP contribution in [0.4, 0.5) is 5.69 Å². The van der Waals surface area contributed by atoms with E-state index in [-0.39, 0.29) is 0 Å². The molecule has 0 bridgehead atoms. The summed E-state index contributed by atoms with van der Waals surface area (Å²) in [5, 5.41) is 12.2. The van der Waals surface area contributed by atoms with Gasteiger partial charge < -0.3 is 5.73 Å². The second kappa shape index (κ2) is 6.13. The minimum atomic E-state index is 0.670. The van der Waals surface area contributed by atoms with Crippen LogP contribution in [0.2, 0.25) is 0 Å². The van der Waals surface area contributed by atoms with Crippen molar-refractivity contribution in [2.75, 3.05) is 5.73 Å². The number of anilines is 1. The standard InChI is InChI=1S/C15H20BrN5/c1-10-5-7-11(8-6-10)9-21-15(18-19-20-21)12-3-2-4-13(17)14(12)16/h2-4,10-11H,5-9,17H2,1H3. The van der Waals surface area contributed by atoms with Crippen molar-refractivity contribution in [2.45, 2.75) is 39.2 Å². The Labute approximate surface area is 133 Å². The van der Waals surface area contributed by atoms with Crippen molar-refractivity contribution in [3.05, 3.63) is 22.7 Å². The Bertz CT molecular complexity index is 616. The molecule has 1 saturated carbocycles. The third-order valence-electron chi connectivity index (χ3n) is 4.37. The summed E-state index contributed by atoms with van der Waals surface area (Å²) in [6, 6.07) is 5.78. The summed E-state index contributed by atoms with van der Waals surface area (Å²) < 4.78 is 2.78. The fourth-order valence-electron chi connectivity index (χ4n) is 3.00. The van der Waals surface area contributed by atoms with Crippen molar-refractivity contribution in [2.24, 2.45) is 11.8 Å². The average Bonchev–Trinajstić information content (AvgIpc) is 2.92. The number of aromatic nitrogens is 4. The predicted molar refractivity (Wildman–Crippen MR) is 86.5 cm³/mol. The molecule has 1 aliphatic rings. The van der Waals surface area contributed by atoms with Gasteiger partial charge in [-0.15, -0.1) is 5.10 Å². The van der Waals surface area contributed by atoms with Gasteiger partial charge in [0.1, 0.15) is 0 Å². The molecule has 1 fully saturated rings. The van der Waals surface area contributed by atoms with E-state index in [0.717, 1.165) is 28.3 Å². The van der Waals surface area contributed by atoms with Crippen LogP contribution in [-0.4, -0.2) is 20.2 Å². The van der Waals surface area contributed by atoms with Gasteiger partial charge in [-0.1, -0.05) is 25.8 Å². The van der Waals surface area contributed by atoms with Crippen molar-refractivity contribution < 1.29 is 0 Å². The maximum absolute atomic E-state index is 5.95. The molecule has 1 aromatic carbocycles. The quantitative estimate of drug-likeness (QED) is 0.860. The first-order valence-electron chi connectivity index (χ1n) is 7.45. The van der Waals surface area contributed by atoms with Crippen LogP contribution in [0.3, 0.4) is 0 Å². The molecule has 5 nitrogen and oxygen atoms in total. The van der Waals surface area contributed by atoms with E-state index in [0.29, 0.717) is 11.6 Å². The lowest BCUT2D eigenvalue weighted by atomic mass is 9.83. The van der Waals surface area contributed by atoms with Crippen LogP contribution in [0.15, 0.2) is 22.7 Å². The first-order valence-corrected chi connectivity index (χ1v) is 8.25. The summed E-state index contributed by atoms with van der Waals surface area (Å²) in [4.78, 5) is 0. The lowest BCUT2D eigenvalue weighted by Crippen LogP contribution is -2.19. The molecular weight excluding hydrogens is 330 g/mol. The zero-order valence-electron chi connectivity index (χ0n) is 12.2. The van der Waals surface area contributed by atoms with Crippen molar-refractivity contribution in [1.29, 1.82) is 0 Å². The number of hydrogen-bond acceptors (Lipinski definition) is 4. The number of rotatable bonds is 3. The van der Waals surface area contributed by atoms with Crippen LogP contribution in [0, 0.1) is 11.8 Å². The van der Waals surface area contributed by atoms with Gasteiger partial charge >= 0.3 is 0 Å². The van der Waals surface area contributed by atoms with E-state index in [1.807, 2.05) is 22.9 Å². The SMILES string of the molecule is CC1CCC(Cn2nnnc2-c2cccc(N)c2Br)CC1. The van der Waals surface area contributed by atoms with E-state index in [9.17, 15) is 0 Å². The van der Waals surface area contributed by atoms with Crippen LogP contribution in [-0.2, 0) is 6.54 Å². The first kappa shape index (κ1) is 14.5. The van der Waals surface area contributed by atoms with E-state index in [1.165, 1.54) is 25.7 Å². The first-order chi connectivity index (χ1) is 10.1. The van der Waals surface area contributed by atoms with Crippen molar-refractivity contribution in [1.82, 2.24) is 20.2 Å². The van der Waals surface area contributed by atoms with Crippen LogP contribution < -0.4 is 5.73 Å². The van der Waals surface area contributed by atoms with Gasteiger partial charge in [-0.25, -0.2) is 4.68 Å². The molecule has 112 valence electrons. The number of nitrogens with zero attached hydrogens (tertiary/aromatic N) is 4. The van der Waals surface area contributed by atoms with Gasteiger partial charge in [-0.05, 0) is 63.2 Å². The Kier molecular flexibility index (Phi) is 4.24. The molecule has 0 spiro atoms. The fraction of sp³-hybridized carbons (Fsp3) is 0.533. The number of hydrogen-bond donors (Lipinski definition) is 1. The summed E-state index contributed by atoms with van der Waals surface area (Å²) in [5.41, 5.74) is 7.60. The summed E-state index contributed by atoms with van der Waals surface area (Å²) in [7, 11) is 0. The minimum absolute atomic E-state index is 0.670. The number of nitrogen functional groups attached to an aromatic ring is 1. The molecule has 0 unspecified atom stereocenters. The Morgan fingerprint density at radius 3 is 2.81 bits per heavy atom. The normalized spacial score (nSPS) is 22.4. The Balaban J connectivity index is 1.82. The van der Waals surface area contributed by atoms with Crippen LogP contribution in [0.25, 0.3) is 11.4 Å². The molecule has 2 aromatic rings. The van der Waals surface area contributed by atoms with E-state index < -0.39 is 0 Å². The maximum Gasteiger partial charge on any atom is 0.183 e. The van der Waals surface area contributed by atoms with Gasteiger partial charge in [0.15, 0.2) is 5.82 Å². The fourth-order valence-corrected chi connectivity index (χ4v) is 3.44. The highest BCUT2D eigenvalue weighted by molar-refractivity contribution is 9.10. The molecule has 1 heterocycles. The molecule has 2 N–H and O–H groups in total. The average molecular weight is 350 g/mol. The number of benzene rings is 1. The Morgan fingerprint density at radius 2 is 2.05 bits per heavy atom. The molecule has 1 aliphatic carbocycles. The second-order valence-electron chi connectivity index (χ2n) is 6.02. The highest BCUT2D eigenvalue weighted by Gasteiger charge is 2.21. The van der Waals surface area contributed by atoms with Gasteiger partial charge in [-0.3, -0.25) is 0 Å². The molecule has 0 atom stereocenters. The molecule has 6 heteroatoms. The van der Waals surface area contributed by atoms with E-state index >= 15 is 0 Å². The molecule has 0 amide bonds. The smallest absolute Gasteiger partial charge is 0.183 e. The van der Waals surface area contributed by atoms with Crippen LogP contribution >= 0.6 is 15.9 Å². The second-order valence-corrected chi connectivity index (χ2v) is 6.81. The number of halogens is 1. The highest BCUT2D eigenvalue weighted by atomic mass is 79.9. The van der Waals surface area contributed by atoms with Gasteiger partial charge in [0.05, 0.1) is 4.47 Å². The largest absolute Gasteiger partial charge is 0.398 e. The lowest BCUT2D eigenvalue weighted by Gasteiger charge is -2.26. The van der Waals surface area contributed by atoms with E-state index in [4.69, 9.17) is 5.73 Å².